The van der Waals surface area contributed by atoms with Crippen LogP contribution in [0.25, 0.3) is 0 Å². The van der Waals surface area contributed by atoms with E-state index < -0.39 is 0 Å². The first-order chi connectivity index (χ1) is 11.7. The summed E-state index contributed by atoms with van der Waals surface area (Å²) in [6, 6.07) is 9.18. The van der Waals surface area contributed by atoms with E-state index in [0.717, 1.165) is 24.2 Å². The van der Waals surface area contributed by atoms with Crippen molar-refractivity contribution in [1.29, 1.82) is 0 Å². The van der Waals surface area contributed by atoms with E-state index in [2.05, 4.69) is 17.5 Å². The van der Waals surface area contributed by atoms with Gasteiger partial charge in [-0.05, 0) is 48.6 Å². The van der Waals surface area contributed by atoms with Crippen molar-refractivity contribution in [3.8, 4) is 11.5 Å². The van der Waals surface area contributed by atoms with E-state index in [4.69, 9.17) is 9.47 Å². The van der Waals surface area contributed by atoms with Crippen LogP contribution in [0.3, 0.4) is 0 Å². The van der Waals surface area contributed by atoms with Gasteiger partial charge < -0.3 is 9.47 Å². The summed E-state index contributed by atoms with van der Waals surface area (Å²) in [5.74, 6) is 1.19. The maximum absolute atomic E-state index is 11.8. The number of carbonyl (C=O) groups is 1. The highest BCUT2D eigenvalue weighted by Gasteiger charge is 2.07. The van der Waals surface area contributed by atoms with E-state index in [1.165, 1.54) is 11.3 Å². The monoisotopic (exact) mass is 346 g/mol. The molecule has 0 atom stereocenters. The molecule has 0 spiro atoms. The van der Waals surface area contributed by atoms with Gasteiger partial charge in [0.25, 0.3) is 5.91 Å². The van der Waals surface area contributed by atoms with Crippen molar-refractivity contribution < 1.29 is 14.3 Å². The molecule has 5 nitrogen and oxygen atoms in total. The van der Waals surface area contributed by atoms with E-state index in [-0.39, 0.29) is 5.91 Å². The Morgan fingerprint density at radius 1 is 1.25 bits per heavy atom. The van der Waals surface area contributed by atoms with Gasteiger partial charge in [0.05, 0.1) is 24.3 Å². The summed E-state index contributed by atoms with van der Waals surface area (Å²) in [7, 11) is 0. The summed E-state index contributed by atoms with van der Waals surface area (Å²) in [5, 5.41) is 5.84. The Morgan fingerprint density at radius 2 is 2.12 bits per heavy atom. The smallest absolute Gasteiger partial charge is 0.281 e. The van der Waals surface area contributed by atoms with Gasteiger partial charge in [-0.2, -0.15) is 5.10 Å². The molecule has 1 amide bonds. The summed E-state index contributed by atoms with van der Waals surface area (Å²) in [4.78, 5) is 12.4. The summed E-state index contributed by atoms with van der Waals surface area (Å²) >= 11 is 1.38. The molecule has 0 fully saturated rings. The van der Waals surface area contributed by atoms with Crippen LogP contribution >= 0.6 is 11.3 Å². The Hall–Kier alpha value is -2.34. The number of rotatable bonds is 9. The Kier molecular flexibility index (Phi) is 7.29. The predicted molar refractivity (Wildman–Crippen MR) is 97.4 cm³/mol. The standard InChI is InChI=1S/C18H22N2O3S/c1-3-5-10-23-15-9-8-14(12-16(15)22-4-2)13-19-20-18(21)17-7-6-11-24-17/h6-9,11-13H,3-5,10H2,1-2H3,(H,20,21). The number of hydrogen-bond donors (Lipinski definition) is 1. The SMILES string of the molecule is CCCCOc1ccc(C=NNC(=O)c2cccs2)cc1OCC. The molecule has 128 valence electrons. The minimum absolute atomic E-state index is 0.217. The normalized spacial score (nSPS) is 10.8. The average Bonchev–Trinajstić information content (AvgIpc) is 3.12. The maximum Gasteiger partial charge on any atom is 0.281 e. The average molecular weight is 346 g/mol. The predicted octanol–water partition coefficient (Wildman–Crippen LogP) is 4.09. The van der Waals surface area contributed by atoms with Crippen LogP contribution in [0, 0.1) is 0 Å². The van der Waals surface area contributed by atoms with Gasteiger partial charge in [0, 0.05) is 0 Å². The van der Waals surface area contributed by atoms with Crippen molar-refractivity contribution in [2.24, 2.45) is 5.10 Å². The molecule has 0 saturated heterocycles. The first-order valence-corrected chi connectivity index (χ1v) is 8.89. The van der Waals surface area contributed by atoms with Gasteiger partial charge in [0.1, 0.15) is 0 Å². The number of unbranched alkanes of at least 4 members (excludes halogenated alkanes) is 1. The Labute approximate surface area is 146 Å². The van der Waals surface area contributed by atoms with Crippen molar-refractivity contribution in [3.05, 3.63) is 46.2 Å². The highest BCUT2D eigenvalue weighted by Crippen LogP contribution is 2.28. The third-order valence-electron chi connectivity index (χ3n) is 3.15. The number of nitrogens with zero attached hydrogens (tertiary/aromatic N) is 1. The highest BCUT2D eigenvalue weighted by atomic mass is 32.1. The Morgan fingerprint density at radius 3 is 2.83 bits per heavy atom. The second-order valence-electron chi connectivity index (χ2n) is 5.02. The molecule has 0 saturated carbocycles. The van der Waals surface area contributed by atoms with Gasteiger partial charge in [-0.15, -0.1) is 11.3 Å². The Bertz CT molecular complexity index is 669. The van der Waals surface area contributed by atoms with Crippen LogP contribution in [-0.4, -0.2) is 25.3 Å². The molecule has 0 unspecified atom stereocenters. The van der Waals surface area contributed by atoms with Crippen LogP contribution in [0.5, 0.6) is 11.5 Å². The highest BCUT2D eigenvalue weighted by molar-refractivity contribution is 7.12. The fourth-order valence-corrected chi connectivity index (χ4v) is 2.56. The number of hydrogen-bond acceptors (Lipinski definition) is 5. The zero-order valence-corrected chi connectivity index (χ0v) is 14.8. The van der Waals surface area contributed by atoms with E-state index in [9.17, 15) is 4.79 Å². The molecule has 0 aliphatic heterocycles. The minimum atomic E-state index is -0.217. The molecule has 1 heterocycles. The van der Waals surface area contributed by atoms with Crippen LogP contribution in [0.1, 0.15) is 41.9 Å². The van der Waals surface area contributed by atoms with Crippen molar-refractivity contribution in [2.75, 3.05) is 13.2 Å². The van der Waals surface area contributed by atoms with Crippen molar-refractivity contribution in [3.63, 3.8) is 0 Å². The van der Waals surface area contributed by atoms with Gasteiger partial charge >= 0.3 is 0 Å². The van der Waals surface area contributed by atoms with Crippen LogP contribution < -0.4 is 14.9 Å². The number of hydrazone groups is 1. The zero-order valence-electron chi connectivity index (χ0n) is 14.0. The second-order valence-corrected chi connectivity index (χ2v) is 5.97. The molecule has 0 radical (unpaired) electrons. The summed E-state index contributed by atoms with van der Waals surface area (Å²) < 4.78 is 11.4. The number of nitrogens with one attached hydrogen (secondary N) is 1. The van der Waals surface area contributed by atoms with Gasteiger partial charge in [-0.3, -0.25) is 4.79 Å². The lowest BCUT2D eigenvalue weighted by molar-refractivity contribution is 0.0959. The van der Waals surface area contributed by atoms with Crippen LogP contribution in [0.2, 0.25) is 0 Å². The molecule has 1 aromatic heterocycles. The first kappa shape index (κ1) is 18.0. The molecule has 6 heteroatoms. The Balaban J connectivity index is 2.00. The fraction of sp³-hybridized carbons (Fsp3) is 0.333. The molecular formula is C18H22N2O3S. The van der Waals surface area contributed by atoms with E-state index >= 15 is 0 Å². The minimum Gasteiger partial charge on any atom is -0.490 e. The zero-order chi connectivity index (χ0) is 17.2. The quantitative estimate of drug-likeness (QED) is 0.423. The second kappa shape index (κ2) is 9.72. The molecule has 1 N–H and O–H groups in total. The van der Waals surface area contributed by atoms with Crippen molar-refractivity contribution in [2.45, 2.75) is 26.7 Å². The van der Waals surface area contributed by atoms with E-state index in [1.54, 1.807) is 12.3 Å². The molecule has 1 aromatic carbocycles. The van der Waals surface area contributed by atoms with Crippen molar-refractivity contribution in [1.82, 2.24) is 5.43 Å². The third kappa shape index (κ3) is 5.38. The number of thiophene rings is 1. The number of amides is 1. The molecule has 0 aliphatic rings. The number of ether oxygens (including phenoxy) is 2. The molecule has 24 heavy (non-hydrogen) atoms. The molecule has 0 aliphatic carbocycles. The maximum atomic E-state index is 11.8. The van der Waals surface area contributed by atoms with Gasteiger partial charge in [0.2, 0.25) is 0 Å². The molecule has 2 aromatic rings. The summed E-state index contributed by atoms with van der Waals surface area (Å²) in [6.45, 7) is 5.27. The lowest BCUT2D eigenvalue weighted by Gasteiger charge is -2.12. The van der Waals surface area contributed by atoms with Gasteiger partial charge in [-0.1, -0.05) is 19.4 Å². The van der Waals surface area contributed by atoms with Crippen LogP contribution in [0.4, 0.5) is 0 Å². The lowest BCUT2D eigenvalue weighted by Crippen LogP contribution is -2.16. The summed E-state index contributed by atoms with van der Waals surface area (Å²) in [6.07, 6.45) is 3.67. The topological polar surface area (TPSA) is 59.9 Å². The lowest BCUT2D eigenvalue weighted by atomic mass is 10.2. The molecular weight excluding hydrogens is 324 g/mol. The van der Waals surface area contributed by atoms with Gasteiger partial charge in [0.15, 0.2) is 11.5 Å². The molecule has 0 bridgehead atoms. The van der Waals surface area contributed by atoms with Crippen LogP contribution in [-0.2, 0) is 0 Å². The largest absolute Gasteiger partial charge is 0.490 e. The fourth-order valence-electron chi connectivity index (χ4n) is 1.95. The number of carbonyl (C=O) groups excluding carboxylic acids is 1. The number of benzene rings is 1. The van der Waals surface area contributed by atoms with E-state index in [1.807, 2.05) is 36.6 Å². The third-order valence-corrected chi connectivity index (χ3v) is 4.02. The first-order valence-electron chi connectivity index (χ1n) is 8.01. The van der Waals surface area contributed by atoms with Gasteiger partial charge in [-0.25, -0.2) is 5.43 Å². The molecule has 2 rings (SSSR count). The van der Waals surface area contributed by atoms with Crippen molar-refractivity contribution >= 4 is 23.5 Å². The summed E-state index contributed by atoms with van der Waals surface area (Å²) in [5.41, 5.74) is 3.34. The van der Waals surface area contributed by atoms with Crippen LogP contribution in [0.15, 0.2) is 40.8 Å². The van der Waals surface area contributed by atoms with E-state index in [0.29, 0.717) is 23.8 Å².